The van der Waals surface area contributed by atoms with Crippen molar-refractivity contribution in [3.8, 4) is 11.1 Å². The van der Waals surface area contributed by atoms with Gasteiger partial charge in [-0.15, -0.1) is 0 Å². The summed E-state index contributed by atoms with van der Waals surface area (Å²) in [5, 5.41) is 9.62. The Labute approximate surface area is 172 Å². The molecular formula is C25H28N2O2. The normalized spacial score (nSPS) is 21.0. The maximum absolute atomic E-state index is 9.62. The number of aliphatic hydroxyl groups is 1. The molecular weight excluding hydrogens is 360 g/mol. The lowest BCUT2D eigenvalue weighted by molar-refractivity contribution is -0.161. The molecule has 0 radical (unpaired) electrons. The van der Waals surface area contributed by atoms with E-state index in [1.54, 1.807) is 6.20 Å². The smallest absolute Gasteiger partial charge is 0.101 e. The van der Waals surface area contributed by atoms with E-state index < -0.39 is 5.60 Å². The standard InChI is InChI=1S/C25H28N2O2/c1-20(21-9-11-22(12-10-21)23-6-5-15-26-18-23)27-16-13-25(14-17-28,29-19-27)24-7-3-2-4-8-24/h2-12,15,18,20,28H,13-14,16-17,19H2,1H3/t20-,25-/m0/s1. The first-order valence-corrected chi connectivity index (χ1v) is 10.3. The van der Waals surface area contributed by atoms with Gasteiger partial charge in [0.2, 0.25) is 0 Å². The summed E-state index contributed by atoms with van der Waals surface area (Å²) >= 11 is 0. The molecule has 150 valence electrons. The van der Waals surface area contributed by atoms with Gasteiger partial charge in [-0.05, 0) is 41.7 Å². The Morgan fingerprint density at radius 1 is 1.03 bits per heavy atom. The molecule has 1 saturated heterocycles. The lowest BCUT2D eigenvalue weighted by Crippen LogP contribution is -2.46. The molecule has 1 aliphatic rings. The number of nitrogens with zero attached hydrogens (tertiary/aromatic N) is 2. The lowest BCUT2D eigenvalue weighted by Gasteiger charge is -2.44. The Morgan fingerprint density at radius 2 is 1.83 bits per heavy atom. The van der Waals surface area contributed by atoms with Gasteiger partial charge < -0.3 is 9.84 Å². The minimum absolute atomic E-state index is 0.125. The van der Waals surface area contributed by atoms with Gasteiger partial charge >= 0.3 is 0 Å². The van der Waals surface area contributed by atoms with Gasteiger partial charge in [0.15, 0.2) is 0 Å². The Balaban J connectivity index is 1.45. The summed E-state index contributed by atoms with van der Waals surface area (Å²) in [6, 6.07) is 23.3. The minimum Gasteiger partial charge on any atom is -0.396 e. The van der Waals surface area contributed by atoms with E-state index in [9.17, 15) is 5.11 Å². The number of benzene rings is 2. The van der Waals surface area contributed by atoms with Crippen LogP contribution in [0.2, 0.25) is 0 Å². The highest BCUT2D eigenvalue weighted by molar-refractivity contribution is 5.62. The van der Waals surface area contributed by atoms with Crippen LogP contribution in [0.1, 0.15) is 36.9 Å². The number of rotatable bonds is 6. The van der Waals surface area contributed by atoms with E-state index in [2.05, 4.69) is 59.3 Å². The molecule has 1 aromatic heterocycles. The fraction of sp³-hybridized carbons (Fsp3) is 0.320. The van der Waals surface area contributed by atoms with Crippen LogP contribution in [-0.4, -0.2) is 34.9 Å². The van der Waals surface area contributed by atoms with Crippen molar-refractivity contribution in [1.29, 1.82) is 0 Å². The number of aromatic nitrogens is 1. The van der Waals surface area contributed by atoms with Crippen molar-refractivity contribution in [2.75, 3.05) is 19.9 Å². The molecule has 0 bridgehead atoms. The van der Waals surface area contributed by atoms with Crippen molar-refractivity contribution in [3.05, 3.63) is 90.3 Å². The number of ether oxygens (including phenoxy) is 1. The summed E-state index contributed by atoms with van der Waals surface area (Å²) in [6.07, 6.45) is 5.18. The summed E-state index contributed by atoms with van der Waals surface area (Å²) in [7, 11) is 0. The highest BCUT2D eigenvalue weighted by Crippen LogP contribution is 2.38. The van der Waals surface area contributed by atoms with E-state index in [-0.39, 0.29) is 12.6 Å². The van der Waals surface area contributed by atoms with Crippen LogP contribution in [0.3, 0.4) is 0 Å². The van der Waals surface area contributed by atoms with E-state index in [1.165, 1.54) is 11.1 Å². The fourth-order valence-corrected chi connectivity index (χ4v) is 4.16. The predicted octanol–water partition coefficient (Wildman–Crippen LogP) is 4.77. The molecule has 1 N–H and O–H groups in total. The van der Waals surface area contributed by atoms with Crippen LogP contribution in [0.5, 0.6) is 0 Å². The zero-order chi connectivity index (χ0) is 20.1. The van der Waals surface area contributed by atoms with E-state index in [0.717, 1.165) is 24.1 Å². The van der Waals surface area contributed by atoms with Crippen molar-refractivity contribution >= 4 is 0 Å². The molecule has 2 atom stereocenters. The second kappa shape index (κ2) is 8.87. The van der Waals surface area contributed by atoms with Gasteiger partial charge in [0.1, 0.15) is 6.73 Å². The second-order valence-electron chi connectivity index (χ2n) is 7.71. The summed E-state index contributed by atoms with van der Waals surface area (Å²) in [5.41, 5.74) is 4.34. The van der Waals surface area contributed by atoms with Gasteiger partial charge in [-0.2, -0.15) is 0 Å². The van der Waals surface area contributed by atoms with Gasteiger partial charge in [0, 0.05) is 38.0 Å². The molecule has 2 heterocycles. The van der Waals surface area contributed by atoms with Crippen LogP contribution in [0.25, 0.3) is 11.1 Å². The zero-order valence-electron chi connectivity index (χ0n) is 16.9. The number of hydrogen-bond acceptors (Lipinski definition) is 4. The average molecular weight is 389 g/mol. The molecule has 4 heteroatoms. The van der Waals surface area contributed by atoms with Crippen LogP contribution < -0.4 is 0 Å². The third-order valence-corrected chi connectivity index (χ3v) is 6.06. The Hall–Kier alpha value is -2.53. The van der Waals surface area contributed by atoms with Crippen molar-refractivity contribution in [1.82, 2.24) is 9.88 Å². The second-order valence-corrected chi connectivity index (χ2v) is 7.71. The predicted molar refractivity (Wildman–Crippen MR) is 115 cm³/mol. The molecule has 29 heavy (non-hydrogen) atoms. The van der Waals surface area contributed by atoms with Crippen molar-refractivity contribution in [2.45, 2.75) is 31.4 Å². The van der Waals surface area contributed by atoms with Gasteiger partial charge in [0.25, 0.3) is 0 Å². The quantitative estimate of drug-likeness (QED) is 0.661. The first-order chi connectivity index (χ1) is 14.2. The van der Waals surface area contributed by atoms with Gasteiger partial charge in [-0.3, -0.25) is 9.88 Å². The molecule has 0 saturated carbocycles. The molecule has 1 aliphatic heterocycles. The van der Waals surface area contributed by atoms with E-state index >= 15 is 0 Å². The molecule has 1 fully saturated rings. The number of pyridine rings is 1. The topological polar surface area (TPSA) is 45.6 Å². The summed E-state index contributed by atoms with van der Waals surface area (Å²) < 4.78 is 6.40. The third-order valence-electron chi connectivity index (χ3n) is 6.06. The highest BCUT2D eigenvalue weighted by atomic mass is 16.5. The largest absolute Gasteiger partial charge is 0.396 e. The van der Waals surface area contributed by atoms with E-state index in [4.69, 9.17) is 4.74 Å². The van der Waals surface area contributed by atoms with E-state index in [0.29, 0.717) is 13.2 Å². The summed E-state index contributed by atoms with van der Waals surface area (Å²) in [5.74, 6) is 0. The Kier molecular flexibility index (Phi) is 6.05. The van der Waals surface area contributed by atoms with Crippen LogP contribution >= 0.6 is 0 Å². The molecule has 3 aromatic rings. The molecule has 2 aromatic carbocycles. The van der Waals surface area contributed by atoms with Crippen LogP contribution in [0.4, 0.5) is 0 Å². The molecule has 0 amide bonds. The first kappa shape index (κ1) is 19.8. The minimum atomic E-state index is -0.392. The lowest BCUT2D eigenvalue weighted by atomic mass is 9.86. The highest BCUT2D eigenvalue weighted by Gasteiger charge is 2.38. The van der Waals surface area contributed by atoms with Crippen LogP contribution in [0, 0.1) is 0 Å². The summed E-state index contributed by atoms with van der Waals surface area (Å²) in [6.45, 7) is 3.84. The summed E-state index contributed by atoms with van der Waals surface area (Å²) in [4.78, 5) is 6.56. The van der Waals surface area contributed by atoms with Crippen molar-refractivity contribution in [3.63, 3.8) is 0 Å². The van der Waals surface area contributed by atoms with Crippen molar-refractivity contribution in [2.24, 2.45) is 0 Å². The maximum Gasteiger partial charge on any atom is 0.101 e. The Morgan fingerprint density at radius 3 is 2.45 bits per heavy atom. The van der Waals surface area contributed by atoms with Crippen molar-refractivity contribution < 1.29 is 9.84 Å². The monoisotopic (exact) mass is 388 g/mol. The molecule has 4 nitrogen and oxygen atoms in total. The average Bonchev–Trinajstić information content (AvgIpc) is 2.80. The SMILES string of the molecule is C[C@@H](c1ccc(-c2cccnc2)cc1)N1CC[C@](CCO)(c2ccccc2)OC1. The third kappa shape index (κ3) is 4.25. The number of hydrogen-bond donors (Lipinski definition) is 1. The fourth-order valence-electron chi connectivity index (χ4n) is 4.16. The van der Waals surface area contributed by atoms with Crippen LogP contribution in [0.15, 0.2) is 79.1 Å². The van der Waals surface area contributed by atoms with Gasteiger partial charge in [-0.1, -0.05) is 60.7 Å². The molecule has 0 unspecified atom stereocenters. The van der Waals surface area contributed by atoms with E-state index in [1.807, 2.05) is 30.5 Å². The maximum atomic E-state index is 9.62. The van der Waals surface area contributed by atoms with Crippen LogP contribution in [-0.2, 0) is 10.3 Å². The zero-order valence-corrected chi connectivity index (χ0v) is 16.9. The molecule has 0 spiro atoms. The Bertz CT molecular complexity index is 889. The number of aliphatic hydroxyl groups excluding tert-OH is 1. The van der Waals surface area contributed by atoms with Gasteiger partial charge in [-0.25, -0.2) is 0 Å². The van der Waals surface area contributed by atoms with Gasteiger partial charge in [0.05, 0.1) is 5.60 Å². The molecule has 0 aliphatic carbocycles. The first-order valence-electron chi connectivity index (χ1n) is 10.3. The molecule has 4 rings (SSSR count).